The molecule has 1 heterocycles. The Kier molecular flexibility index (Phi) is 6.05. The van der Waals surface area contributed by atoms with Gasteiger partial charge < -0.3 is 9.47 Å². The third-order valence-corrected chi connectivity index (χ3v) is 3.80. The molecule has 0 saturated carbocycles. The summed E-state index contributed by atoms with van der Waals surface area (Å²) in [4.78, 5) is 13.6. The van der Waals surface area contributed by atoms with E-state index >= 15 is 0 Å². The summed E-state index contributed by atoms with van der Waals surface area (Å²) >= 11 is 0. The molecule has 1 aliphatic rings. The molecular weight excluding hydrogens is 266 g/mol. The topological polar surface area (TPSA) is 38.8 Å². The Bertz CT molecular complexity index is 453. The normalized spacial score (nSPS) is 16.7. The van der Waals surface area contributed by atoms with Gasteiger partial charge in [-0.1, -0.05) is 19.1 Å². The molecule has 0 spiro atoms. The largest absolute Gasteiger partial charge is 0.490 e. The second kappa shape index (κ2) is 8.03. The minimum atomic E-state index is -0.132. The van der Waals surface area contributed by atoms with Crippen LogP contribution in [0.4, 0.5) is 0 Å². The molecular formula is C17H25NO3. The van der Waals surface area contributed by atoms with Gasteiger partial charge in [0, 0.05) is 13.1 Å². The first-order valence-electron chi connectivity index (χ1n) is 7.84. The predicted octanol–water partition coefficient (Wildman–Crippen LogP) is 2.66. The lowest BCUT2D eigenvalue weighted by molar-refractivity contribution is -0.144. The van der Waals surface area contributed by atoms with Crippen LogP contribution in [0.25, 0.3) is 0 Å². The molecule has 116 valence electrons. The van der Waals surface area contributed by atoms with Gasteiger partial charge in [-0.3, -0.25) is 9.69 Å². The van der Waals surface area contributed by atoms with E-state index in [-0.39, 0.29) is 12.1 Å². The van der Waals surface area contributed by atoms with Gasteiger partial charge >= 0.3 is 5.97 Å². The number of carbonyl (C=O) groups excluding carboxylic acids is 1. The number of ether oxygens (including phenoxy) is 2. The lowest BCUT2D eigenvalue weighted by Crippen LogP contribution is -2.41. The van der Waals surface area contributed by atoms with Gasteiger partial charge in [-0.15, -0.1) is 0 Å². The lowest BCUT2D eigenvalue weighted by Gasteiger charge is -2.31. The summed E-state index contributed by atoms with van der Waals surface area (Å²) in [6.45, 7) is 6.60. The maximum atomic E-state index is 11.5. The number of hydrogen-bond acceptors (Lipinski definition) is 4. The van der Waals surface area contributed by atoms with E-state index in [2.05, 4.69) is 24.0 Å². The maximum absolute atomic E-state index is 11.5. The van der Waals surface area contributed by atoms with Crippen molar-refractivity contribution in [3.8, 4) is 5.75 Å². The number of esters is 1. The van der Waals surface area contributed by atoms with Crippen LogP contribution < -0.4 is 4.74 Å². The summed E-state index contributed by atoms with van der Waals surface area (Å²) in [7, 11) is 0. The summed E-state index contributed by atoms with van der Waals surface area (Å²) in [5.41, 5.74) is 1.30. The van der Waals surface area contributed by atoms with Crippen molar-refractivity contribution in [3.05, 3.63) is 29.8 Å². The van der Waals surface area contributed by atoms with Crippen molar-refractivity contribution in [2.24, 2.45) is 0 Å². The molecule has 1 fully saturated rings. The molecule has 0 aliphatic carbocycles. The number of hydrogen-bond donors (Lipinski definition) is 0. The van der Waals surface area contributed by atoms with Crippen LogP contribution in [-0.4, -0.2) is 43.2 Å². The standard InChI is InChI=1S/C17H25NO3/c1-3-14-6-5-7-16(12-14)21-15-8-10-18(11-9-15)13-17(19)20-4-2/h5-7,12,15H,3-4,8-11,13H2,1-2H3. The molecule has 0 aromatic heterocycles. The van der Waals surface area contributed by atoms with Gasteiger partial charge in [0.1, 0.15) is 11.9 Å². The number of nitrogens with zero attached hydrogens (tertiary/aromatic N) is 1. The number of carbonyl (C=O) groups is 1. The van der Waals surface area contributed by atoms with E-state index in [9.17, 15) is 4.79 Å². The minimum absolute atomic E-state index is 0.132. The monoisotopic (exact) mass is 291 g/mol. The summed E-state index contributed by atoms with van der Waals surface area (Å²) in [5, 5.41) is 0. The Balaban J connectivity index is 1.77. The molecule has 0 amide bonds. The van der Waals surface area contributed by atoms with Gasteiger partial charge in [-0.2, -0.15) is 0 Å². The van der Waals surface area contributed by atoms with Crippen LogP contribution in [0.5, 0.6) is 5.75 Å². The van der Waals surface area contributed by atoms with Crippen molar-refractivity contribution in [2.75, 3.05) is 26.2 Å². The maximum Gasteiger partial charge on any atom is 0.320 e. The van der Waals surface area contributed by atoms with E-state index in [4.69, 9.17) is 9.47 Å². The quantitative estimate of drug-likeness (QED) is 0.755. The average Bonchev–Trinajstić information content (AvgIpc) is 2.50. The van der Waals surface area contributed by atoms with Crippen molar-refractivity contribution < 1.29 is 14.3 Å². The molecule has 0 unspecified atom stereocenters. The van der Waals surface area contributed by atoms with E-state index in [1.165, 1.54) is 5.56 Å². The second-order valence-electron chi connectivity index (χ2n) is 5.40. The SMILES string of the molecule is CCOC(=O)CN1CCC(Oc2cccc(CC)c2)CC1. The summed E-state index contributed by atoms with van der Waals surface area (Å²) in [6, 6.07) is 8.30. The van der Waals surface area contributed by atoms with Gasteiger partial charge in [0.25, 0.3) is 0 Å². The second-order valence-corrected chi connectivity index (χ2v) is 5.40. The highest BCUT2D eigenvalue weighted by molar-refractivity contribution is 5.71. The zero-order valence-corrected chi connectivity index (χ0v) is 13.0. The van der Waals surface area contributed by atoms with Crippen molar-refractivity contribution in [2.45, 2.75) is 39.2 Å². The predicted molar refractivity (Wildman–Crippen MR) is 82.5 cm³/mol. The molecule has 4 nitrogen and oxygen atoms in total. The number of rotatable bonds is 6. The third kappa shape index (κ3) is 5.05. The fourth-order valence-electron chi connectivity index (χ4n) is 2.61. The first kappa shape index (κ1) is 15.8. The van der Waals surface area contributed by atoms with Crippen molar-refractivity contribution in [3.63, 3.8) is 0 Å². The van der Waals surface area contributed by atoms with Crippen molar-refractivity contribution in [1.29, 1.82) is 0 Å². The van der Waals surface area contributed by atoms with Gasteiger partial charge in [-0.25, -0.2) is 0 Å². The smallest absolute Gasteiger partial charge is 0.320 e. The summed E-state index contributed by atoms with van der Waals surface area (Å²) in [5.74, 6) is 0.825. The van der Waals surface area contributed by atoms with E-state index in [0.29, 0.717) is 13.2 Å². The molecule has 1 aromatic carbocycles. The van der Waals surface area contributed by atoms with E-state index in [1.54, 1.807) is 0 Å². The molecule has 2 rings (SSSR count). The highest BCUT2D eigenvalue weighted by atomic mass is 16.5. The van der Waals surface area contributed by atoms with Crippen molar-refractivity contribution >= 4 is 5.97 Å². The summed E-state index contributed by atoms with van der Waals surface area (Å²) < 4.78 is 11.0. The first-order valence-corrected chi connectivity index (χ1v) is 7.84. The Morgan fingerprint density at radius 2 is 2.05 bits per heavy atom. The zero-order chi connectivity index (χ0) is 15.1. The van der Waals surface area contributed by atoms with Crippen LogP contribution in [0.1, 0.15) is 32.3 Å². The number of aryl methyl sites for hydroxylation is 1. The molecule has 4 heteroatoms. The Labute approximate surface area is 127 Å². The van der Waals surface area contributed by atoms with E-state index in [1.807, 2.05) is 19.1 Å². The van der Waals surface area contributed by atoms with Gasteiger partial charge in [0.2, 0.25) is 0 Å². The highest BCUT2D eigenvalue weighted by Gasteiger charge is 2.22. The molecule has 0 atom stereocenters. The molecule has 1 saturated heterocycles. The van der Waals surface area contributed by atoms with Gasteiger partial charge in [0.05, 0.1) is 13.2 Å². The van der Waals surface area contributed by atoms with E-state index in [0.717, 1.165) is 38.1 Å². The van der Waals surface area contributed by atoms with Crippen molar-refractivity contribution in [1.82, 2.24) is 4.90 Å². The average molecular weight is 291 g/mol. The van der Waals surface area contributed by atoms with Crippen LogP contribution in [0.15, 0.2) is 24.3 Å². The van der Waals surface area contributed by atoms with Crippen LogP contribution in [0.2, 0.25) is 0 Å². The molecule has 21 heavy (non-hydrogen) atoms. The van der Waals surface area contributed by atoms with Gasteiger partial charge in [0.15, 0.2) is 0 Å². The highest BCUT2D eigenvalue weighted by Crippen LogP contribution is 2.20. The molecule has 1 aliphatic heterocycles. The minimum Gasteiger partial charge on any atom is -0.490 e. The Morgan fingerprint density at radius 3 is 2.71 bits per heavy atom. The van der Waals surface area contributed by atoms with Gasteiger partial charge in [-0.05, 0) is 43.9 Å². The fraction of sp³-hybridized carbons (Fsp3) is 0.588. The van der Waals surface area contributed by atoms with Crippen LogP contribution in [-0.2, 0) is 16.0 Å². The van der Waals surface area contributed by atoms with E-state index < -0.39 is 0 Å². The fourth-order valence-corrected chi connectivity index (χ4v) is 2.61. The Hall–Kier alpha value is -1.55. The molecule has 1 aromatic rings. The number of benzene rings is 1. The Morgan fingerprint density at radius 1 is 1.29 bits per heavy atom. The molecule has 0 N–H and O–H groups in total. The number of likely N-dealkylation sites (tertiary alicyclic amines) is 1. The first-order chi connectivity index (χ1) is 10.2. The lowest BCUT2D eigenvalue weighted by atomic mass is 10.1. The zero-order valence-electron chi connectivity index (χ0n) is 13.0. The van der Waals surface area contributed by atoms with Crippen LogP contribution >= 0.6 is 0 Å². The van der Waals surface area contributed by atoms with Crippen LogP contribution in [0, 0.1) is 0 Å². The molecule has 0 bridgehead atoms. The summed E-state index contributed by atoms with van der Waals surface area (Å²) in [6.07, 6.45) is 3.18. The number of piperidine rings is 1. The molecule has 0 radical (unpaired) electrons. The van der Waals surface area contributed by atoms with Crippen LogP contribution in [0.3, 0.4) is 0 Å². The third-order valence-electron chi connectivity index (χ3n) is 3.80.